The number of H-pyrrole nitrogens is 1. The molecule has 9 heteroatoms. The lowest BCUT2D eigenvalue weighted by Gasteiger charge is -2.06. The number of benzene rings is 1. The number of hydrogen-bond donors (Lipinski definition) is 2. The van der Waals surface area contributed by atoms with E-state index in [2.05, 4.69) is 20.6 Å². The number of halogens is 3. The third-order valence-corrected chi connectivity index (χ3v) is 4.51. The second-order valence-electron chi connectivity index (χ2n) is 5.23. The third-order valence-electron chi connectivity index (χ3n) is 3.64. The zero-order valence-corrected chi connectivity index (χ0v) is 15.5. The minimum atomic E-state index is -0.302. The molecule has 0 unspecified atom stereocenters. The predicted octanol–water partition coefficient (Wildman–Crippen LogP) is 4.18. The topological polar surface area (TPSA) is 75.6 Å². The Balaban J connectivity index is 1.73. The predicted molar refractivity (Wildman–Crippen MR) is 98.1 cm³/mol. The van der Waals surface area contributed by atoms with Crippen LogP contribution in [0.25, 0.3) is 11.3 Å². The number of rotatable bonds is 5. The molecule has 0 fully saturated rings. The number of carbonyl (C=O) groups excluding carboxylic acids is 1. The molecule has 0 saturated carbocycles. The molecule has 1 amide bonds. The molecule has 130 valence electrons. The number of carbonyl (C=O) groups is 1. The van der Waals surface area contributed by atoms with Crippen LogP contribution in [0, 0.1) is 0 Å². The smallest absolute Gasteiger partial charge is 0.269 e. The lowest BCUT2D eigenvalue weighted by Crippen LogP contribution is -2.24. The normalized spacial score (nSPS) is 10.9. The maximum atomic E-state index is 12.3. The Bertz CT molecular complexity index is 918. The first-order chi connectivity index (χ1) is 12.0. The van der Waals surface area contributed by atoms with E-state index in [1.165, 1.54) is 0 Å². The van der Waals surface area contributed by atoms with E-state index in [-0.39, 0.29) is 12.5 Å². The van der Waals surface area contributed by atoms with Crippen molar-refractivity contribution in [3.05, 3.63) is 56.9 Å². The molecule has 2 aromatic heterocycles. The van der Waals surface area contributed by atoms with Crippen LogP contribution < -0.4 is 5.32 Å². The summed E-state index contributed by atoms with van der Waals surface area (Å²) in [4.78, 5) is 12.3. The van der Waals surface area contributed by atoms with Crippen molar-refractivity contribution >= 4 is 40.7 Å². The quantitative estimate of drug-likeness (QED) is 0.677. The highest BCUT2D eigenvalue weighted by molar-refractivity contribution is 6.36. The number of amides is 1. The van der Waals surface area contributed by atoms with Gasteiger partial charge in [-0.25, -0.2) is 0 Å². The largest absolute Gasteiger partial charge is 0.345 e. The summed E-state index contributed by atoms with van der Waals surface area (Å²) in [6.45, 7) is 2.88. The summed E-state index contributed by atoms with van der Waals surface area (Å²) in [7, 11) is 0. The SMILES string of the molecule is CCn1ncc(Cl)c1CNC(=O)c1cc(-c2ccc(Cl)cc2Cl)n[nH]1. The maximum absolute atomic E-state index is 12.3. The van der Waals surface area contributed by atoms with E-state index in [1.807, 2.05) is 6.92 Å². The van der Waals surface area contributed by atoms with Crippen molar-refractivity contribution in [1.29, 1.82) is 0 Å². The molecule has 0 aliphatic heterocycles. The molecule has 0 aliphatic carbocycles. The number of aromatic nitrogens is 4. The van der Waals surface area contributed by atoms with Crippen molar-refractivity contribution in [1.82, 2.24) is 25.3 Å². The van der Waals surface area contributed by atoms with Gasteiger partial charge in [0.15, 0.2) is 0 Å². The standard InChI is InChI=1S/C16H14Cl3N5O/c1-2-24-15(12(19)7-21-24)8-20-16(25)14-6-13(22-23-14)10-4-3-9(17)5-11(10)18/h3-7H,2,8H2,1H3,(H,20,25)(H,22,23). The van der Waals surface area contributed by atoms with Crippen LogP contribution in [-0.4, -0.2) is 25.9 Å². The van der Waals surface area contributed by atoms with Gasteiger partial charge in [0, 0.05) is 17.1 Å². The molecule has 1 aromatic carbocycles. The van der Waals surface area contributed by atoms with E-state index in [1.54, 1.807) is 35.1 Å². The van der Waals surface area contributed by atoms with Gasteiger partial charge in [-0.15, -0.1) is 0 Å². The molecule has 3 aromatic rings. The van der Waals surface area contributed by atoms with E-state index in [0.717, 1.165) is 5.69 Å². The third kappa shape index (κ3) is 3.81. The molecular formula is C16H14Cl3N5O. The minimum Gasteiger partial charge on any atom is -0.345 e. The van der Waals surface area contributed by atoms with Crippen LogP contribution in [0.3, 0.4) is 0 Å². The van der Waals surface area contributed by atoms with Crippen molar-refractivity contribution in [3.63, 3.8) is 0 Å². The first kappa shape index (κ1) is 17.8. The zero-order chi connectivity index (χ0) is 18.0. The fourth-order valence-corrected chi connectivity index (χ4v) is 3.08. The molecule has 2 N–H and O–H groups in total. The van der Waals surface area contributed by atoms with Crippen molar-refractivity contribution in [2.24, 2.45) is 0 Å². The van der Waals surface area contributed by atoms with Gasteiger partial charge in [-0.3, -0.25) is 14.6 Å². The molecule has 0 aliphatic rings. The second-order valence-corrected chi connectivity index (χ2v) is 6.48. The molecule has 0 bridgehead atoms. The number of nitrogens with one attached hydrogen (secondary N) is 2. The number of nitrogens with zero attached hydrogens (tertiary/aromatic N) is 3. The van der Waals surface area contributed by atoms with Crippen molar-refractivity contribution in [2.45, 2.75) is 20.0 Å². The summed E-state index contributed by atoms with van der Waals surface area (Å²) in [5.41, 5.74) is 2.31. The molecule has 6 nitrogen and oxygen atoms in total. The highest BCUT2D eigenvalue weighted by Crippen LogP contribution is 2.29. The highest BCUT2D eigenvalue weighted by atomic mass is 35.5. The van der Waals surface area contributed by atoms with Crippen molar-refractivity contribution < 1.29 is 4.79 Å². The minimum absolute atomic E-state index is 0.265. The van der Waals surface area contributed by atoms with Gasteiger partial charge in [-0.2, -0.15) is 10.2 Å². The molecule has 25 heavy (non-hydrogen) atoms. The fourth-order valence-electron chi connectivity index (χ4n) is 2.37. The van der Waals surface area contributed by atoms with Gasteiger partial charge >= 0.3 is 0 Å². The summed E-state index contributed by atoms with van der Waals surface area (Å²) >= 11 is 18.1. The summed E-state index contributed by atoms with van der Waals surface area (Å²) in [6, 6.07) is 6.72. The van der Waals surface area contributed by atoms with Gasteiger partial charge in [0.05, 0.1) is 34.2 Å². The molecular weight excluding hydrogens is 385 g/mol. The van der Waals surface area contributed by atoms with E-state index < -0.39 is 0 Å². The van der Waals surface area contributed by atoms with E-state index >= 15 is 0 Å². The molecule has 0 spiro atoms. The first-order valence-corrected chi connectivity index (χ1v) is 8.62. The van der Waals surface area contributed by atoms with E-state index in [0.29, 0.717) is 38.6 Å². The average Bonchev–Trinajstić information content (AvgIpc) is 3.19. The van der Waals surface area contributed by atoms with E-state index in [9.17, 15) is 4.79 Å². The molecule has 0 saturated heterocycles. The lowest BCUT2D eigenvalue weighted by molar-refractivity contribution is 0.0945. The number of hydrogen-bond acceptors (Lipinski definition) is 3. The molecule has 0 radical (unpaired) electrons. The van der Waals surface area contributed by atoms with Crippen LogP contribution in [0.5, 0.6) is 0 Å². The molecule has 3 rings (SSSR count). The van der Waals surface area contributed by atoms with Crippen molar-refractivity contribution in [2.75, 3.05) is 0 Å². The first-order valence-electron chi connectivity index (χ1n) is 7.48. The molecule has 2 heterocycles. The van der Waals surface area contributed by atoms with Gasteiger partial charge in [0.25, 0.3) is 5.91 Å². The highest BCUT2D eigenvalue weighted by Gasteiger charge is 2.15. The number of aromatic amines is 1. The number of aryl methyl sites for hydroxylation is 1. The van der Waals surface area contributed by atoms with Crippen LogP contribution in [0.15, 0.2) is 30.5 Å². The summed E-state index contributed by atoms with van der Waals surface area (Å²) in [5, 5.41) is 15.3. The Kier molecular flexibility index (Phi) is 5.32. The van der Waals surface area contributed by atoms with Gasteiger partial charge < -0.3 is 5.32 Å². The van der Waals surface area contributed by atoms with Gasteiger partial charge in [-0.1, -0.05) is 34.8 Å². The van der Waals surface area contributed by atoms with Crippen molar-refractivity contribution in [3.8, 4) is 11.3 Å². The lowest BCUT2D eigenvalue weighted by atomic mass is 10.1. The Morgan fingerprint density at radius 2 is 2.04 bits per heavy atom. The van der Waals surface area contributed by atoms with Gasteiger partial charge in [-0.05, 0) is 31.2 Å². The van der Waals surface area contributed by atoms with E-state index in [4.69, 9.17) is 34.8 Å². The summed E-state index contributed by atoms with van der Waals surface area (Å²) in [5.74, 6) is -0.302. The van der Waals surface area contributed by atoms with Crippen LogP contribution in [0.4, 0.5) is 0 Å². The van der Waals surface area contributed by atoms with Crippen LogP contribution in [0.1, 0.15) is 23.1 Å². The maximum Gasteiger partial charge on any atom is 0.269 e. The second kappa shape index (κ2) is 7.47. The Hall–Kier alpha value is -2.02. The van der Waals surface area contributed by atoms with Gasteiger partial charge in [0.2, 0.25) is 0 Å². The Labute approximate surface area is 159 Å². The average molecular weight is 399 g/mol. The van der Waals surface area contributed by atoms with Crippen LogP contribution in [-0.2, 0) is 13.1 Å². The molecule has 0 atom stereocenters. The monoisotopic (exact) mass is 397 g/mol. The Morgan fingerprint density at radius 1 is 1.24 bits per heavy atom. The van der Waals surface area contributed by atoms with Crippen LogP contribution >= 0.6 is 34.8 Å². The summed E-state index contributed by atoms with van der Waals surface area (Å²) < 4.78 is 1.73. The zero-order valence-electron chi connectivity index (χ0n) is 13.2. The fraction of sp³-hybridized carbons (Fsp3) is 0.188. The van der Waals surface area contributed by atoms with Gasteiger partial charge in [0.1, 0.15) is 5.69 Å². The Morgan fingerprint density at radius 3 is 2.76 bits per heavy atom. The summed E-state index contributed by atoms with van der Waals surface area (Å²) in [6.07, 6.45) is 1.56. The van der Waals surface area contributed by atoms with Crippen LogP contribution in [0.2, 0.25) is 15.1 Å².